The summed E-state index contributed by atoms with van der Waals surface area (Å²) in [6.45, 7) is 0. The molecule has 0 saturated carbocycles. The fourth-order valence-electron chi connectivity index (χ4n) is 1.18. The van der Waals surface area contributed by atoms with Gasteiger partial charge in [0.1, 0.15) is 4.99 Å². The average Bonchev–Trinajstić information content (AvgIpc) is 2.85. The van der Waals surface area contributed by atoms with Crippen LogP contribution < -0.4 is 5.73 Å². The van der Waals surface area contributed by atoms with Gasteiger partial charge in [0.2, 0.25) is 11.0 Å². The van der Waals surface area contributed by atoms with Crippen LogP contribution in [0.1, 0.15) is 11.5 Å². The van der Waals surface area contributed by atoms with E-state index in [1.807, 2.05) is 0 Å². The minimum atomic E-state index is -4.55. The maximum Gasteiger partial charge on any atom is 0.452 e. The van der Waals surface area contributed by atoms with E-state index in [4.69, 9.17) is 18.0 Å². The van der Waals surface area contributed by atoms with Crippen molar-refractivity contribution in [3.05, 3.63) is 29.8 Å². The fourth-order valence-corrected chi connectivity index (χ4v) is 2.03. The number of hydrogen-bond acceptors (Lipinski definition) is 4. The number of aromatic nitrogens is 3. The van der Waals surface area contributed by atoms with Crippen LogP contribution in [-0.2, 0) is 6.18 Å². The van der Waals surface area contributed by atoms with E-state index in [0.717, 1.165) is 0 Å². The van der Waals surface area contributed by atoms with Crippen LogP contribution in [0.2, 0.25) is 0 Å². The van der Waals surface area contributed by atoms with Crippen molar-refractivity contribution in [1.29, 1.82) is 0 Å². The summed E-state index contributed by atoms with van der Waals surface area (Å²) in [5.41, 5.74) is 5.85. The van der Waals surface area contributed by atoms with Crippen LogP contribution in [0.5, 0.6) is 0 Å². The highest BCUT2D eigenvalue weighted by atomic mass is 32.1. The summed E-state index contributed by atoms with van der Waals surface area (Å²) >= 11 is 5.41. The van der Waals surface area contributed by atoms with E-state index in [-0.39, 0.29) is 10.1 Å². The largest absolute Gasteiger partial charge is 0.452 e. The molecule has 0 aromatic carbocycles. The Labute approximate surface area is 103 Å². The molecule has 2 rings (SSSR count). The number of halogens is 3. The Kier molecular flexibility index (Phi) is 2.87. The van der Waals surface area contributed by atoms with Crippen LogP contribution in [-0.4, -0.2) is 18.9 Å². The summed E-state index contributed by atoms with van der Waals surface area (Å²) in [6.07, 6.45) is -3.03. The molecule has 0 aliphatic rings. The van der Waals surface area contributed by atoms with Gasteiger partial charge in [0.15, 0.2) is 0 Å². The second kappa shape index (κ2) is 4.08. The van der Waals surface area contributed by atoms with Crippen LogP contribution in [0.3, 0.4) is 0 Å². The molecule has 0 aliphatic carbocycles. The van der Waals surface area contributed by atoms with Gasteiger partial charge in [-0.1, -0.05) is 12.2 Å². The van der Waals surface area contributed by atoms with Crippen molar-refractivity contribution >= 4 is 28.7 Å². The van der Waals surface area contributed by atoms with Crippen molar-refractivity contribution in [2.24, 2.45) is 5.73 Å². The first-order valence-electron chi connectivity index (χ1n) is 4.28. The minimum absolute atomic E-state index is 0.0742. The number of thiocarbonyl (C=S) groups is 1. The zero-order valence-corrected chi connectivity index (χ0v) is 9.73. The Morgan fingerprint density at radius 2 is 2.18 bits per heavy atom. The maximum absolute atomic E-state index is 12.3. The zero-order chi connectivity index (χ0) is 12.6. The second-order valence-electron chi connectivity index (χ2n) is 3.03. The monoisotopic (exact) mass is 278 g/mol. The van der Waals surface area contributed by atoms with E-state index in [0.29, 0.717) is 17.2 Å². The van der Waals surface area contributed by atoms with Gasteiger partial charge in [0.25, 0.3) is 0 Å². The van der Waals surface area contributed by atoms with Gasteiger partial charge in [-0.25, -0.2) is 0 Å². The Bertz CT molecular complexity index is 557. The van der Waals surface area contributed by atoms with Gasteiger partial charge >= 0.3 is 6.18 Å². The van der Waals surface area contributed by atoms with Crippen LogP contribution in [0.15, 0.2) is 18.3 Å². The lowest BCUT2D eigenvalue weighted by Crippen LogP contribution is -2.14. The normalized spacial score (nSPS) is 11.7. The third kappa shape index (κ3) is 2.29. The summed E-state index contributed by atoms with van der Waals surface area (Å²) in [4.78, 5) is 3.48. The molecule has 0 unspecified atom stereocenters. The van der Waals surface area contributed by atoms with Gasteiger partial charge in [-0.15, -0.1) is 0 Å². The Morgan fingerprint density at radius 3 is 2.71 bits per heavy atom. The Hall–Kier alpha value is -1.48. The lowest BCUT2D eigenvalue weighted by atomic mass is 10.4. The van der Waals surface area contributed by atoms with E-state index in [1.165, 1.54) is 10.8 Å². The third-order valence-corrected chi connectivity index (χ3v) is 2.80. The molecule has 90 valence electrons. The molecule has 2 aromatic rings. The number of hydrogen-bond donors (Lipinski definition) is 1. The topological polar surface area (TPSA) is 56.7 Å². The molecule has 0 spiro atoms. The fraction of sp³-hybridized carbons (Fsp3) is 0.125. The molecule has 2 heterocycles. The van der Waals surface area contributed by atoms with Gasteiger partial charge in [-0.3, -0.25) is 4.57 Å². The van der Waals surface area contributed by atoms with Crippen molar-refractivity contribution < 1.29 is 13.2 Å². The van der Waals surface area contributed by atoms with Gasteiger partial charge in [0, 0.05) is 17.7 Å². The van der Waals surface area contributed by atoms with Gasteiger partial charge < -0.3 is 5.73 Å². The minimum Gasteiger partial charge on any atom is -0.388 e. The SMILES string of the molecule is NC(=S)c1cccn1-c1nc(C(F)(F)F)ns1. The number of rotatable bonds is 2. The highest BCUT2D eigenvalue weighted by Crippen LogP contribution is 2.28. The molecule has 0 amide bonds. The molecular weight excluding hydrogens is 273 g/mol. The van der Waals surface area contributed by atoms with Crippen molar-refractivity contribution in [3.8, 4) is 5.13 Å². The molecule has 0 fully saturated rings. The molecule has 2 N–H and O–H groups in total. The number of alkyl halides is 3. The van der Waals surface area contributed by atoms with Crippen LogP contribution in [0.4, 0.5) is 13.2 Å². The van der Waals surface area contributed by atoms with Crippen molar-refractivity contribution in [1.82, 2.24) is 13.9 Å². The van der Waals surface area contributed by atoms with Crippen molar-refractivity contribution in [2.75, 3.05) is 0 Å². The van der Waals surface area contributed by atoms with Gasteiger partial charge in [-0.2, -0.15) is 22.5 Å². The molecule has 0 atom stereocenters. The van der Waals surface area contributed by atoms with E-state index in [1.54, 1.807) is 12.1 Å². The molecule has 2 aromatic heterocycles. The van der Waals surface area contributed by atoms with Crippen LogP contribution in [0.25, 0.3) is 5.13 Å². The molecule has 17 heavy (non-hydrogen) atoms. The van der Waals surface area contributed by atoms with Crippen LogP contribution >= 0.6 is 23.8 Å². The first-order valence-corrected chi connectivity index (χ1v) is 5.46. The van der Waals surface area contributed by atoms with Crippen LogP contribution in [0, 0.1) is 0 Å². The highest BCUT2D eigenvalue weighted by molar-refractivity contribution is 7.80. The molecule has 0 radical (unpaired) electrons. The standard InChI is InChI=1S/C8H5F3N4S2/c9-8(10,11)6-13-7(17-14-6)15-3-1-2-4(15)5(12)16/h1-3H,(H2,12,16). The van der Waals surface area contributed by atoms with Gasteiger partial charge in [-0.05, 0) is 12.1 Å². The summed E-state index contributed by atoms with van der Waals surface area (Å²) < 4.78 is 41.6. The Balaban J connectivity index is 2.44. The smallest absolute Gasteiger partial charge is 0.388 e. The van der Waals surface area contributed by atoms with E-state index < -0.39 is 12.0 Å². The molecule has 4 nitrogen and oxygen atoms in total. The summed E-state index contributed by atoms with van der Waals surface area (Å²) in [5.74, 6) is -1.17. The summed E-state index contributed by atoms with van der Waals surface area (Å²) in [6, 6.07) is 3.21. The summed E-state index contributed by atoms with van der Waals surface area (Å²) in [5, 5.41) is 0.0742. The van der Waals surface area contributed by atoms with E-state index >= 15 is 0 Å². The molecular formula is C8H5F3N4S2. The average molecular weight is 278 g/mol. The van der Waals surface area contributed by atoms with E-state index in [9.17, 15) is 13.2 Å². The summed E-state index contributed by atoms with van der Waals surface area (Å²) in [7, 11) is 0. The first kappa shape index (κ1) is 12.0. The van der Waals surface area contributed by atoms with Gasteiger partial charge in [0.05, 0.1) is 5.69 Å². The predicted molar refractivity (Wildman–Crippen MR) is 60.1 cm³/mol. The first-order chi connectivity index (χ1) is 7.89. The lowest BCUT2D eigenvalue weighted by molar-refractivity contribution is -0.144. The van der Waals surface area contributed by atoms with Crippen molar-refractivity contribution in [2.45, 2.75) is 6.18 Å². The highest BCUT2D eigenvalue weighted by Gasteiger charge is 2.36. The lowest BCUT2D eigenvalue weighted by Gasteiger charge is -2.02. The zero-order valence-electron chi connectivity index (χ0n) is 8.10. The maximum atomic E-state index is 12.3. The molecule has 9 heteroatoms. The van der Waals surface area contributed by atoms with E-state index in [2.05, 4.69) is 9.36 Å². The predicted octanol–water partition coefficient (Wildman–Crippen LogP) is 1.98. The molecule has 0 saturated heterocycles. The third-order valence-electron chi connectivity index (χ3n) is 1.88. The number of nitrogens with zero attached hydrogens (tertiary/aromatic N) is 3. The molecule has 0 aliphatic heterocycles. The number of nitrogens with two attached hydrogens (primary N) is 1. The Morgan fingerprint density at radius 1 is 1.47 bits per heavy atom. The second-order valence-corrected chi connectivity index (χ2v) is 4.20. The molecule has 0 bridgehead atoms. The van der Waals surface area contributed by atoms with Crippen molar-refractivity contribution in [3.63, 3.8) is 0 Å². The quantitative estimate of drug-likeness (QED) is 0.853.